The number of aryl methyl sites for hydroxylation is 1. The van der Waals surface area contributed by atoms with Crippen LogP contribution in [0, 0.1) is 22.9 Å². The summed E-state index contributed by atoms with van der Waals surface area (Å²) in [5, 5.41) is 17.6. The Morgan fingerprint density at radius 2 is 2.10 bits per heavy atom. The molecule has 1 aliphatic heterocycles. The van der Waals surface area contributed by atoms with E-state index in [1.54, 1.807) is 31.2 Å². The van der Waals surface area contributed by atoms with Crippen LogP contribution in [0.4, 0.5) is 21.5 Å². The van der Waals surface area contributed by atoms with Gasteiger partial charge in [-0.15, -0.1) is 0 Å². The second-order valence-electron chi connectivity index (χ2n) is 6.62. The van der Waals surface area contributed by atoms with Crippen LogP contribution in [0.15, 0.2) is 41.6 Å². The van der Waals surface area contributed by atoms with Gasteiger partial charge in [0.25, 0.3) is 11.6 Å². The Bertz CT molecular complexity index is 960. The molecule has 1 aliphatic rings. The third kappa shape index (κ3) is 5.51. The number of rotatable bonds is 7. The Labute approximate surface area is 172 Å². The summed E-state index contributed by atoms with van der Waals surface area (Å²) in [7, 11) is 0. The number of hydrogen-bond acceptors (Lipinski definition) is 7. The first-order valence-electron chi connectivity index (χ1n) is 9.26. The van der Waals surface area contributed by atoms with Crippen molar-refractivity contribution in [3.63, 3.8) is 0 Å². The number of carbonyl (C=O) groups is 1. The van der Waals surface area contributed by atoms with E-state index in [9.17, 15) is 19.3 Å². The van der Waals surface area contributed by atoms with Crippen LogP contribution in [0.3, 0.4) is 0 Å². The van der Waals surface area contributed by atoms with E-state index in [2.05, 4.69) is 10.5 Å². The Kier molecular flexibility index (Phi) is 6.91. The highest BCUT2D eigenvalue weighted by Gasteiger charge is 2.21. The lowest BCUT2D eigenvalue weighted by molar-refractivity contribution is -0.384. The minimum Gasteiger partial charge on any atom is -0.386 e. The van der Waals surface area contributed by atoms with Crippen molar-refractivity contribution in [2.24, 2.45) is 5.16 Å². The van der Waals surface area contributed by atoms with E-state index in [0.717, 1.165) is 0 Å². The quantitative estimate of drug-likeness (QED) is 0.423. The molecule has 1 amide bonds. The molecule has 30 heavy (non-hydrogen) atoms. The van der Waals surface area contributed by atoms with Gasteiger partial charge in [-0.25, -0.2) is 4.39 Å². The maximum absolute atomic E-state index is 13.5. The fourth-order valence-electron chi connectivity index (χ4n) is 2.90. The van der Waals surface area contributed by atoms with Gasteiger partial charge in [-0.3, -0.25) is 14.9 Å². The Morgan fingerprint density at radius 3 is 2.80 bits per heavy atom. The average Bonchev–Trinajstić information content (AvgIpc) is 2.74. The first-order valence-corrected chi connectivity index (χ1v) is 9.26. The minimum atomic E-state index is -0.510. The van der Waals surface area contributed by atoms with Crippen molar-refractivity contribution >= 4 is 29.2 Å². The number of nitro benzene ring substituents is 1. The molecule has 0 aliphatic carbocycles. The van der Waals surface area contributed by atoms with Crippen LogP contribution in [0.5, 0.6) is 0 Å². The summed E-state index contributed by atoms with van der Waals surface area (Å²) in [5.41, 5.74) is 1.72. The number of carbonyl (C=O) groups excluding carboxylic acids is 1. The highest BCUT2D eigenvalue weighted by molar-refractivity contribution is 5.91. The molecule has 0 saturated carbocycles. The number of halogens is 1. The van der Waals surface area contributed by atoms with Gasteiger partial charge in [-0.1, -0.05) is 17.3 Å². The molecule has 0 radical (unpaired) electrons. The molecule has 1 saturated heterocycles. The van der Waals surface area contributed by atoms with Gasteiger partial charge < -0.3 is 19.8 Å². The lowest BCUT2D eigenvalue weighted by atomic mass is 10.1. The highest BCUT2D eigenvalue weighted by atomic mass is 19.1. The molecule has 0 bridgehead atoms. The van der Waals surface area contributed by atoms with Crippen LogP contribution >= 0.6 is 0 Å². The first kappa shape index (κ1) is 21.2. The van der Waals surface area contributed by atoms with E-state index < -0.39 is 16.6 Å². The number of nitrogens with one attached hydrogen (secondary N) is 1. The van der Waals surface area contributed by atoms with Crippen LogP contribution in [0.1, 0.15) is 11.1 Å². The number of anilines is 2. The van der Waals surface area contributed by atoms with Gasteiger partial charge in [0.15, 0.2) is 6.61 Å². The molecule has 9 nitrogen and oxygen atoms in total. The maximum atomic E-state index is 13.5. The summed E-state index contributed by atoms with van der Waals surface area (Å²) in [5.74, 6) is -0.932. The number of benzene rings is 2. The van der Waals surface area contributed by atoms with Crippen molar-refractivity contribution < 1.29 is 23.7 Å². The van der Waals surface area contributed by atoms with Crippen LogP contribution in [-0.4, -0.2) is 50.0 Å². The summed E-state index contributed by atoms with van der Waals surface area (Å²) >= 11 is 0. The van der Waals surface area contributed by atoms with E-state index in [1.807, 2.05) is 4.90 Å². The summed E-state index contributed by atoms with van der Waals surface area (Å²) < 4.78 is 18.8. The molecular weight excluding hydrogens is 395 g/mol. The summed E-state index contributed by atoms with van der Waals surface area (Å²) in [6.07, 6.45) is 1.29. The van der Waals surface area contributed by atoms with Crippen LogP contribution < -0.4 is 10.2 Å². The Morgan fingerprint density at radius 1 is 1.33 bits per heavy atom. The number of ether oxygens (including phenoxy) is 1. The fraction of sp³-hybridized carbons (Fsp3) is 0.300. The van der Waals surface area contributed by atoms with Gasteiger partial charge in [0.1, 0.15) is 11.5 Å². The van der Waals surface area contributed by atoms with Crippen molar-refractivity contribution in [1.82, 2.24) is 0 Å². The normalized spacial score (nSPS) is 14.0. The van der Waals surface area contributed by atoms with E-state index in [-0.39, 0.29) is 12.3 Å². The zero-order chi connectivity index (χ0) is 21.5. The van der Waals surface area contributed by atoms with Gasteiger partial charge in [0, 0.05) is 30.4 Å². The predicted molar refractivity (Wildman–Crippen MR) is 109 cm³/mol. The van der Waals surface area contributed by atoms with Crippen molar-refractivity contribution in [1.29, 1.82) is 0 Å². The molecule has 0 atom stereocenters. The van der Waals surface area contributed by atoms with Crippen molar-refractivity contribution in [3.8, 4) is 0 Å². The Balaban J connectivity index is 1.57. The zero-order valence-corrected chi connectivity index (χ0v) is 16.3. The van der Waals surface area contributed by atoms with Gasteiger partial charge in [0.2, 0.25) is 0 Å². The van der Waals surface area contributed by atoms with Crippen molar-refractivity contribution in [2.45, 2.75) is 6.92 Å². The molecule has 3 rings (SSSR count). The van der Waals surface area contributed by atoms with Gasteiger partial charge in [-0.05, 0) is 30.7 Å². The molecule has 2 aromatic rings. The topological polar surface area (TPSA) is 106 Å². The van der Waals surface area contributed by atoms with E-state index in [4.69, 9.17) is 9.57 Å². The van der Waals surface area contributed by atoms with Crippen LogP contribution in [-0.2, 0) is 14.4 Å². The smallest absolute Gasteiger partial charge is 0.293 e. The molecule has 0 aromatic heterocycles. The zero-order valence-electron chi connectivity index (χ0n) is 16.3. The first-order chi connectivity index (χ1) is 14.4. The predicted octanol–water partition coefficient (Wildman–Crippen LogP) is 2.87. The number of nitrogens with zero attached hydrogens (tertiary/aromatic N) is 3. The molecule has 0 spiro atoms. The SMILES string of the molecule is Cc1ccc(NC(=O)CO/N=C/c2ccc(N3CCOCC3)c([N+](=O)[O-])c2)cc1F. The van der Waals surface area contributed by atoms with Gasteiger partial charge >= 0.3 is 0 Å². The largest absolute Gasteiger partial charge is 0.386 e. The number of nitro groups is 1. The third-order valence-electron chi connectivity index (χ3n) is 4.48. The lowest BCUT2D eigenvalue weighted by Crippen LogP contribution is -2.36. The average molecular weight is 416 g/mol. The highest BCUT2D eigenvalue weighted by Crippen LogP contribution is 2.29. The van der Waals surface area contributed by atoms with Gasteiger partial charge in [-0.2, -0.15) is 0 Å². The molecule has 1 fully saturated rings. The van der Waals surface area contributed by atoms with Crippen LogP contribution in [0.25, 0.3) is 0 Å². The molecule has 1 N–H and O–H groups in total. The molecular formula is C20H21FN4O5. The number of hydrogen-bond donors (Lipinski definition) is 1. The summed E-state index contributed by atoms with van der Waals surface area (Å²) in [6.45, 7) is 3.43. The van der Waals surface area contributed by atoms with E-state index >= 15 is 0 Å². The van der Waals surface area contributed by atoms with Crippen LogP contribution in [0.2, 0.25) is 0 Å². The second kappa shape index (κ2) is 9.79. The molecule has 0 unspecified atom stereocenters. The molecule has 158 valence electrons. The standard InChI is InChI=1S/C20H21FN4O5/c1-14-2-4-16(11-17(14)21)23-20(26)13-30-22-12-15-3-5-18(19(10-15)25(27)28)24-6-8-29-9-7-24/h2-5,10-12H,6-9,13H2,1H3,(H,23,26)/b22-12+. The maximum Gasteiger partial charge on any atom is 0.293 e. The monoisotopic (exact) mass is 416 g/mol. The summed E-state index contributed by atoms with van der Waals surface area (Å²) in [4.78, 5) is 29.7. The molecule has 2 aromatic carbocycles. The second-order valence-corrected chi connectivity index (χ2v) is 6.62. The Hall–Kier alpha value is -3.53. The minimum absolute atomic E-state index is 0.0417. The van der Waals surface area contributed by atoms with E-state index in [1.165, 1.54) is 18.3 Å². The fourth-order valence-corrected chi connectivity index (χ4v) is 2.90. The molecule has 1 heterocycles. The number of morpholine rings is 1. The third-order valence-corrected chi connectivity index (χ3v) is 4.48. The van der Waals surface area contributed by atoms with Crippen molar-refractivity contribution in [2.75, 3.05) is 43.1 Å². The summed E-state index contributed by atoms with van der Waals surface area (Å²) in [6, 6.07) is 9.08. The number of oxime groups is 1. The van der Waals surface area contributed by atoms with Crippen molar-refractivity contribution in [3.05, 3.63) is 63.5 Å². The van der Waals surface area contributed by atoms with E-state index in [0.29, 0.717) is 48.8 Å². The molecule has 10 heteroatoms. The lowest BCUT2D eigenvalue weighted by Gasteiger charge is -2.28. The number of amides is 1. The van der Waals surface area contributed by atoms with Gasteiger partial charge in [0.05, 0.1) is 24.4 Å².